The van der Waals surface area contributed by atoms with E-state index in [1.54, 1.807) is 12.1 Å². The van der Waals surface area contributed by atoms with Gasteiger partial charge in [0.25, 0.3) is 0 Å². The number of hydrogen-bond acceptors (Lipinski definition) is 2. The summed E-state index contributed by atoms with van der Waals surface area (Å²) in [6.07, 6.45) is 7.07. The Morgan fingerprint density at radius 1 is 1.05 bits per heavy atom. The van der Waals surface area contributed by atoms with Crippen LogP contribution >= 0.6 is 0 Å². The Hall–Kier alpha value is -2.23. The second-order valence-electron chi connectivity index (χ2n) is 4.88. The van der Waals surface area contributed by atoms with Gasteiger partial charge in [0.2, 0.25) is 0 Å². The van der Waals surface area contributed by atoms with Crippen LogP contribution in [0.2, 0.25) is 0 Å². The van der Waals surface area contributed by atoms with Crippen LogP contribution in [-0.2, 0) is 12.8 Å². The Balaban J connectivity index is 1.94. The van der Waals surface area contributed by atoms with Crippen LogP contribution in [0.1, 0.15) is 17.7 Å². The molecule has 0 atom stereocenters. The van der Waals surface area contributed by atoms with E-state index in [4.69, 9.17) is 0 Å². The molecule has 0 radical (unpaired) electrons. The van der Waals surface area contributed by atoms with Crippen molar-refractivity contribution in [3.05, 3.63) is 53.7 Å². The molecule has 0 N–H and O–H groups in total. The molecular weight excluding hydrogens is 241 g/mol. The van der Waals surface area contributed by atoms with Gasteiger partial charge in [0.1, 0.15) is 5.82 Å². The molecule has 3 nitrogen and oxygen atoms in total. The highest BCUT2D eigenvalue weighted by molar-refractivity contribution is 5.77. The number of rotatable bonds is 1. The van der Waals surface area contributed by atoms with Gasteiger partial charge < -0.3 is 0 Å². The number of aryl methyl sites for hydroxylation is 2. The fraction of sp³-hybridized carbons (Fsp3) is 0.200. The maximum Gasteiger partial charge on any atom is 0.163 e. The molecule has 94 valence electrons. The van der Waals surface area contributed by atoms with Crippen LogP contribution in [0.15, 0.2) is 36.7 Å². The average Bonchev–Trinajstić information content (AvgIpc) is 3.04. The van der Waals surface area contributed by atoms with Gasteiger partial charge in [-0.25, -0.2) is 13.9 Å². The molecule has 2 aromatic heterocycles. The first-order chi connectivity index (χ1) is 9.33. The first-order valence-electron chi connectivity index (χ1n) is 6.43. The fourth-order valence-corrected chi connectivity index (χ4v) is 2.77. The third-order valence-corrected chi connectivity index (χ3v) is 3.73. The van der Waals surface area contributed by atoms with E-state index >= 15 is 0 Å². The largest absolute Gasteiger partial charge is 0.236 e. The maximum absolute atomic E-state index is 13.0. The molecule has 1 aromatic carbocycles. The van der Waals surface area contributed by atoms with E-state index in [9.17, 15) is 4.39 Å². The molecule has 0 unspecified atom stereocenters. The molecule has 1 aliphatic rings. The summed E-state index contributed by atoms with van der Waals surface area (Å²) in [4.78, 5) is 4.52. The van der Waals surface area contributed by atoms with E-state index in [1.807, 2.05) is 16.9 Å². The molecule has 0 saturated heterocycles. The van der Waals surface area contributed by atoms with Crippen molar-refractivity contribution in [2.75, 3.05) is 0 Å². The predicted octanol–water partition coefficient (Wildman–Crippen LogP) is 3.02. The van der Waals surface area contributed by atoms with E-state index in [0.717, 1.165) is 29.6 Å². The normalized spacial score (nSPS) is 13.9. The lowest BCUT2D eigenvalue weighted by Gasteiger charge is -2.03. The Morgan fingerprint density at radius 2 is 1.89 bits per heavy atom. The first kappa shape index (κ1) is 10.7. The van der Waals surface area contributed by atoms with Gasteiger partial charge in [0.05, 0.1) is 6.20 Å². The van der Waals surface area contributed by atoms with E-state index < -0.39 is 0 Å². The van der Waals surface area contributed by atoms with E-state index in [0.29, 0.717) is 0 Å². The highest BCUT2D eigenvalue weighted by atomic mass is 19.1. The Morgan fingerprint density at radius 3 is 2.74 bits per heavy atom. The number of hydrogen-bond donors (Lipinski definition) is 0. The van der Waals surface area contributed by atoms with E-state index in [1.165, 1.54) is 29.8 Å². The van der Waals surface area contributed by atoms with Crippen LogP contribution in [0.4, 0.5) is 4.39 Å². The summed E-state index contributed by atoms with van der Waals surface area (Å²) in [6.45, 7) is 0. The predicted molar refractivity (Wildman–Crippen MR) is 70.4 cm³/mol. The van der Waals surface area contributed by atoms with Crippen LogP contribution in [0.5, 0.6) is 0 Å². The third kappa shape index (κ3) is 1.56. The number of aromatic nitrogens is 3. The Bertz CT molecular complexity index is 759. The zero-order valence-corrected chi connectivity index (χ0v) is 10.3. The smallest absolute Gasteiger partial charge is 0.163 e. The topological polar surface area (TPSA) is 30.2 Å². The van der Waals surface area contributed by atoms with Gasteiger partial charge >= 0.3 is 0 Å². The summed E-state index contributed by atoms with van der Waals surface area (Å²) in [5.74, 6) is -0.228. The molecule has 1 aliphatic carbocycles. The number of halogens is 1. The summed E-state index contributed by atoms with van der Waals surface area (Å²) in [7, 11) is 0. The van der Waals surface area contributed by atoms with Gasteiger partial charge in [-0.3, -0.25) is 0 Å². The quantitative estimate of drug-likeness (QED) is 0.667. The van der Waals surface area contributed by atoms with Crippen molar-refractivity contribution < 1.29 is 4.39 Å². The van der Waals surface area contributed by atoms with E-state index in [2.05, 4.69) is 10.1 Å². The minimum atomic E-state index is -0.228. The first-order valence-corrected chi connectivity index (χ1v) is 6.43. The SMILES string of the molecule is Fc1ccc(-c2cnn3c4c(cnc23)CCC4)cc1. The van der Waals surface area contributed by atoms with Gasteiger partial charge in [0.15, 0.2) is 5.65 Å². The lowest BCUT2D eigenvalue weighted by atomic mass is 10.1. The molecule has 0 spiro atoms. The fourth-order valence-electron chi connectivity index (χ4n) is 2.77. The van der Waals surface area contributed by atoms with E-state index in [-0.39, 0.29) is 5.82 Å². The van der Waals surface area contributed by atoms with Crippen LogP contribution in [0.3, 0.4) is 0 Å². The van der Waals surface area contributed by atoms with Crippen LogP contribution < -0.4 is 0 Å². The molecule has 0 fully saturated rings. The molecule has 0 saturated carbocycles. The Labute approximate surface area is 109 Å². The van der Waals surface area contributed by atoms with Crippen LogP contribution in [-0.4, -0.2) is 14.6 Å². The molecular formula is C15H12FN3. The lowest BCUT2D eigenvalue weighted by molar-refractivity contribution is 0.628. The van der Waals surface area contributed by atoms with Crippen molar-refractivity contribution in [2.24, 2.45) is 0 Å². The van der Waals surface area contributed by atoms with Crippen molar-refractivity contribution in [2.45, 2.75) is 19.3 Å². The zero-order valence-electron chi connectivity index (χ0n) is 10.3. The molecule has 4 heteroatoms. The highest BCUT2D eigenvalue weighted by Crippen LogP contribution is 2.27. The molecule has 19 heavy (non-hydrogen) atoms. The molecule has 0 bridgehead atoms. The second-order valence-corrected chi connectivity index (χ2v) is 4.88. The Kier molecular flexibility index (Phi) is 2.18. The van der Waals surface area contributed by atoms with Crippen molar-refractivity contribution in [3.63, 3.8) is 0 Å². The molecule has 2 heterocycles. The zero-order chi connectivity index (χ0) is 12.8. The monoisotopic (exact) mass is 253 g/mol. The third-order valence-electron chi connectivity index (χ3n) is 3.73. The molecule has 0 amide bonds. The van der Waals surface area contributed by atoms with Gasteiger partial charge in [-0.05, 0) is 42.5 Å². The summed E-state index contributed by atoms with van der Waals surface area (Å²) in [6, 6.07) is 6.46. The van der Waals surface area contributed by atoms with Crippen LogP contribution in [0.25, 0.3) is 16.8 Å². The minimum Gasteiger partial charge on any atom is -0.236 e. The van der Waals surface area contributed by atoms with Crippen molar-refractivity contribution >= 4 is 5.65 Å². The molecule has 0 aliphatic heterocycles. The molecule has 3 aromatic rings. The van der Waals surface area contributed by atoms with Gasteiger partial charge in [0, 0.05) is 17.5 Å². The van der Waals surface area contributed by atoms with Gasteiger partial charge in [-0.1, -0.05) is 12.1 Å². The lowest BCUT2D eigenvalue weighted by Crippen LogP contribution is -1.99. The summed E-state index contributed by atoms with van der Waals surface area (Å²) >= 11 is 0. The summed E-state index contributed by atoms with van der Waals surface area (Å²) < 4.78 is 14.9. The average molecular weight is 253 g/mol. The van der Waals surface area contributed by atoms with Gasteiger partial charge in [-0.2, -0.15) is 5.10 Å². The number of nitrogens with zero attached hydrogens (tertiary/aromatic N) is 3. The summed E-state index contributed by atoms with van der Waals surface area (Å²) in [5.41, 5.74) is 5.31. The van der Waals surface area contributed by atoms with Crippen molar-refractivity contribution in [1.29, 1.82) is 0 Å². The second kappa shape index (κ2) is 3.88. The summed E-state index contributed by atoms with van der Waals surface area (Å²) in [5, 5.41) is 4.45. The minimum absolute atomic E-state index is 0.228. The van der Waals surface area contributed by atoms with Gasteiger partial charge in [-0.15, -0.1) is 0 Å². The van der Waals surface area contributed by atoms with Crippen LogP contribution in [0, 0.1) is 5.82 Å². The number of benzene rings is 1. The maximum atomic E-state index is 13.0. The van der Waals surface area contributed by atoms with Crippen molar-refractivity contribution in [1.82, 2.24) is 14.6 Å². The molecule has 4 rings (SSSR count). The highest BCUT2D eigenvalue weighted by Gasteiger charge is 2.17. The van der Waals surface area contributed by atoms with Crippen molar-refractivity contribution in [3.8, 4) is 11.1 Å². The standard InChI is InChI=1S/C15H12FN3/c16-12-6-4-10(5-7-12)13-9-18-19-14-3-1-2-11(14)8-17-15(13)19/h4-9H,1-3H2. The number of fused-ring (bicyclic) bond motifs is 3.